The first-order chi connectivity index (χ1) is 14.4. The summed E-state index contributed by atoms with van der Waals surface area (Å²) in [5.41, 5.74) is 1.26. The second-order valence-corrected chi connectivity index (χ2v) is 9.93. The lowest BCUT2D eigenvalue weighted by atomic mass is 10.0. The molecule has 0 aliphatic carbocycles. The van der Waals surface area contributed by atoms with E-state index in [0.29, 0.717) is 18.1 Å². The van der Waals surface area contributed by atoms with Crippen molar-refractivity contribution in [1.82, 2.24) is 9.80 Å². The lowest BCUT2D eigenvalue weighted by Gasteiger charge is -2.35. The minimum Gasteiger partial charge on any atom is -0.339 e. The quantitative estimate of drug-likeness (QED) is 0.605. The van der Waals surface area contributed by atoms with Crippen LogP contribution in [0.2, 0.25) is 5.02 Å². The zero-order valence-corrected chi connectivity index (χ0v) is 18.1. The molecule has 1 saturated heterocycles. The normalized spacial score (nSPS) is 15.4. The van der Waals surface area contributed by atoms with Gasteiger partial charge in [0.2, 0.25) is 5.91 Å². The third-order valence-corrected chi connectivity index (χ3v) is 7.35. The van der Waals surface area contributed by atoms with Gasteiger partial charge in [-0.25, -0.2) is 8.42 Å². The number of carbonyl (C=O) groups is 1. The van der Waals surface area contributed by atoms with Crippen molar-refractivity contribution in [2.75, 3.05) is 31.9 Å². The van der Waals surface area contributed by atoms with E-state index in [0.717, 1.165) is 19.6 Å². The maximum absolute atomic E-state index is 12.6. The molecule has 0 spiro atoms. The van der Waals surface area contributed by atoms with Gasteiger partial charge >= 0.3 is 0 Å². The average Bonchev–Trinajstić information content (AvgIpc) is 2.74. The Morgan fingerprint density at radius 3 is 2.27 bits per heavy atom. The molecule has 3 aromatic rings. The number of amides is 1. The Bertz CT molecular complexity index is 1150. The first kappa shape index (κ1) is 20.8. The Morgan fingerprint density at radius 1 is 0.867 bits per heavy atom. The second-order valence-electron chi connectivity index (χ2n) is 7.51. The summed E-state index contributed by atoms with van der Waals surface area (Å²) in [5.74, 6) is -0.868. The van der Waals surface area contributed by atoms with Gasteiger partial charge in [-0.2, -0.15) is 0 Å². The highest BCUT2D eigenvalue weighted by molar-refractivity contribution is 7.92. The van der Waals surface area contributed by atoms with Crippen LogP contribution >= 0.6 is 11.6 Å². The summed E-state index contributed by atoms with van der Waals surface area (Å²) < 4.78 is 25.1. The number of hydrogen-bond acceptors (Lipinski definition) is 4. The lowest BCUT2D eigenvalue weighted by Crippen LogP contribution is -2.49. The first-order valence-corrected chi connectivity index (χ1v) is 11.9. The summed E-state index contributed by atoms with van der Waals surface area (Å²) in [6.45, 7) is 3.30. The van der Waals surface area contributed by atoms with Gasteiger partial charge in [-0.3, -0.25) is 9.69 Å². The van der Waals surface area contributed by atoms with Crippen molar-refractivity contribution in [3.05, 3.63) is 77.3 Å². The number of carbonyl (C=O) groups excluding carboxylic acids is 1. The van der Waals surface area contributed by atoms with E-state index in [9.17, 15) is 13.2 Å². The molecule has 0 atom stereocenters. The monoisotopic (exact) mass is 442 g/mol. The van der Waals surface area contributed by atoms with Gasteiger partial charge in [0.25, 0.3) is 0 Å². The second kappa shape index (κ2) is 8.76. The molecular formula is C23H23ClN2O3S. The van der Waals surface area contributed by atoms with Gasteiger partial charge in [-0.15, -0.1) is 0 Å². The fourth-order valence-corrected chi connectivity index (χ4v) is 5.16. The molecule has 5 nitrogen and oxygen atoms in total. The number of fused-ring (bicyclic) bond motifs is 1. The lowest BCUT2D eigenvalue weighted by molar-refractivity contribution is -0.130. The highest BCUT2D eigenvalue weighted by atomic mass is 35.5. The molecule has 0 aromatic heterocycles. The van der Waals surface area contributed by atoms with Crippen LogP contribution in [0.25, 0.3) is 10.8 Å². The van der Waals surface area contributed by atoms with Crippen LogP contribution in [0.3, 0.4) is 0 Å². The molecule has 7 heteroatoms. The van der Waals surface area contributed by atoms with Crippen LogP contribution in [0.1, 0.15) is 5.56 Å². The number of hydrogen-bond donors (Lipinski definition) is 0. The van der Waals surface area contributed by atoms with E-state index in [-0.39, 0.29) is 10.8 Å². The van der Waals surface area contributed by atoms with Crippen LogP contribution in [0.4, 0.5) is 0 Å². The Balaban J connectivity index is 1.36. The summed E-state index contributed by atoms with van der Waals surface area (Å²) >= 11 is 5.82. The predicted octanol–water partition coefficient (Wildman–Crippen LogP) is 3.61. The largest absolute Gasteiger partial charge is 0.339 e. The predicted molar refractivity (Wildman–Crippen MR) is 119 cm³/mol. The molecule has 156 valence electrons. The number of nitrogens with zero attached hydrogens (tertiary/aromatic N) is 2. The summed E-state index contributed by atoms with van der Waals surface area (Å²) in [6.07, 6.45) is 0. The van der Waals surface area contributed by atoms with Gasteiger partial charge in [0.05, 0.1) is 4.90 Å². The van der Waals surface area contributed by atoms with Gasteiger partial charge < -0.3 is 4.90 Å². The summed E-state index contributed by atoms with van der Waals surface area (Å²) in [6, 6.07) is 20.5. The smallest absolute Gasteiger partial charge is 0.238 e. The van der Waals surface area contributed by atoms with E-state index in [1.807, 2.05) is 12.1 Å². The number of halogens is 1. The number of piperazine rings is 1. The Morgan fingerprint density at radius 2 is 1.53 bits per heavy atom. The van der Waals surface area contributed by atoms with Crippen molar-refractivity contribution < 1.29 is 13.2 Å². The molecule has 0 N–H and O–H groups in total. The summed E-state index contributed by atoms with van der Waals surface area (Å²) in [4.78, 5) is 16.7. The van der Waals surface area contributed by atoms with Crippen molar-refractivity contribution in [2.45, 2.75) is 11.4 Å². The fraction of sp³-hybridized carbons (Fsp3) is 0.261. The third-order valence-electron chi connectivity index (χ3n) is 5.49. The molecule has 1 heterocycles. The zero-order valence-electron chi connectivity index (χ0n) is 16.5. The highest BCUT2D eigenvalue weighted by Crippen LogP contribution is 2.21. The average molecular weight is 443 g/mol. The standard InChI is InChI=1S/C23H23ClN2O3S/c24-20-8-10-21(11-9-20)30(28,29)17-23(27)26-14-12-25(13-15-26)16-19-6-3-5-18-4-1-2-7-22(18)19/h1-11H,12-17H2. The van der Waals surface area contributed by atoms with Gasteiger partial charge in [0.1, 0.15) is 5.75 Å². The maximum Gasteiger partial charge on any atom is 0.238 e. The number of benzene rings is 3. The van der Waals surface area contributed by atoms with Gasteiger partial charge in [-0.1, -0.05) is 54.1 Å². The van der Waals surface area contributed by atoms with Crippen LogP contribution in [0, 0.1) is 0 Å². The molecule has 1 aliphatic rings. The molecular weight excluding hydrogens is 420 g/mol. The molecule has 30 heavy (non-hydrogen) atoms. The SMILES string of the molecule is O=C(CS(=O)(=O)c1ccc(Cl)cc1)N1CCN(Cc2cccc3ccccc23)CC1. The molecule has 3 aromatic carbocycles. The molecule has 0 bridgehead atoms. The van der Waals surface area contributed by atoms with E-state index in [1.165, 1.54) is 40.6 Å². The molecule has 1 amide bonds. The fourth-order valence-electron chi connectivity index (χ4n) is 3.81. The summed E-state index contributed by atoms with van der Waals surface area (Å²) in [7, 11) is -3.68. The van der Waals surface area contributed by atoms with Gasteiger partial charge in [-0.05, 0) is 40.6 Å². The Kier molecular flexibility index (Phi) is 6.09. The van der Waals surface area contributed by atoms with Crippen molar-refractivity contribution in [1.29, 1.82) is 0 Å². The van der Waals surface area contributed by atoms with Crippen molar-refractivity contribution in [3.63, 3.8) is 0 Å². The molecule has 1 fully saturated rings. The molecule has 1 aliphatic heterocycles. The molecule has 0 unspecified atom stereocenters. The zero-order chi connectivity index (χ0) is 21.1. The molecule has 4 rings (SSSR count). The highest BCUT2D eigenvalue weighted by Gasteiger charge is 2.26. The van der Waals surface area contributed by atoms with E-state index in [2.05, 4.69) is 35.2 Å². The van der Waals surface area contributed by atoms with Gasteiger partial charge in [0.15, 0.2) is 9.84 Å². The Labute approximate surface area is 181 Å². The van der Waals surface area contributed by atoms with Gasteiger partial charge in [0, 0.05) is 37.7 Å². The van der Waals surface area contributed by atoms with E-state index in [1.54, 1.807) is 4.90 Å². The maximum atomic E-state index is 12.6. The minimum absolute atomic E-state index is 0.120. The Hall–Kier alpha value is -2.41. The molecule has 0 radical (unpaired) electrons. The van der Waals surface area contributed by atoms with Crippen molar-refractivity contribution in [2.24, 2.45) is 0 Å². The topological polar surface area (TPSA) is 57.7 Å². The van der Waals surface area contributed by atoms with Crippen molar-refractivity contribution >= 4 is 38.1 Å². The summed E-state index contributed by atoms with van der Waals surface area (Å²) in [5, 5.41) is 2.92. The molecule has 0 saturated carbocycles. The first-order valence-electron chi connectivity index (χ1n) is 9.87. The third kappa shape index (κ3) is 4.67. The van der Waals surface area contributed by atoms with Crippen LogP contribution in [0.15, 0.2) is 71.6 Å². The number of sulfone groups is 1. The van der Waals surface area contributed by atoms with Crippen LogP contribution in [-0.2, 0) is 21.2 Å². The van der Waals surface area contributed by atoms with E-state index < -0.39 is 15.6 Å². The van der Waals surface area contributed by atoms with Crippen LogP contribution < -0.4 is 0 Å². The van der Waals surface area contributed by atoms with Crippen molar-refractivity contribution in [3.8, 4) is 0 Å². The number of rotatable bonds is 5. The van der Waals surface area contributed by atoms with E-state index >= 15 is 0 Å². The van der Waals surface area contributed by atoms with E-state index in [4.69, 9.17) is 11.6 Å². The minimum atomic E-state index is -3.68. The van der Waals surface area contributed by atoms with Crippen LogP contribution in [0.5, 0.6) is 0 Å². The van der Waals surface area contributed by atoms with Crippen LogP contribution in [-0.4, -0.2) is 56.1 Å².